The van der Waals surface area contributed by atoms with Crippen LogP contribution in [0, 0.1) is 5.82 Å². The lowest BCUT2D eigenvalue weighted by Gasteiger charge is -2.36. The molecule has 0 unspecified atom stereocenters. The number of hydrogen-bond donors (Lipinski definition) is 1. The maximum atomic E-state index is 13.4. The Kier molecular flexibility index (Phi) is 5.30. The Balaban J connectivity index is 1.35. The molecule has 0 bridgehead atoms. The summed E-state index contributed by atoms with van der Waals surface area (Å²) >= 11 is 6.16. The molecule has 1 amide bonds. The van der Waals surface area contributed by atoms with Crippen LogP contribution in [0.15, 0.2) is 60.9 Å². The molecule has 1 N–H and O–H groups in total. The minimum absolute atomic E-state index is 0.0365. The molecule has 2 aromatic carbocycles. The number of benzene rings is 2. The summed E-state index contributed by atoms with van der Waals surface area (Å²) in [6, 6.07) is 15.0. The average Bonchev–Trinajstić information content (AvgIpc) is 3.09. The van der Waals surface area contributed by atoms with Crippen molar-refractivity contribution in [3.05, 3.63) is 82.9 Å². The molecule has 1 fully saturated rings. The number of rotatable bonds is 5. The molecule has 5 nitrogen and oxygen atoms in total. The Morgan fingerprint density at radius 2 is 2.04 bits per heavy atom. The Labute approximate surface area is 167 Å². The van der Waals surface area contributed by atoms with Gasteiger partial charge in [0.1, 0.15) is 6.61 Å². The summed E-state index contributed by atoms with van der Waals surface area (Å²) in [5.41, 5.74) is 2.73. The van der Waals surface area contributed by atoms with Gasteiger partial charge >= 0.3 is 6.09 Å². The summed E-state index contributed by atoms with van der Waals surface area (Å²) in [5.74, 6) is -0.185. The molecule has 28 heavy (non-hydrogen) atoms. The highest BCUT2D eigenvalue weighted by Gasteiger charge is 2.33. The number of nitrogens with zero attached hydrogens (tertiary/aromatic N) is 2. The van der Waals surface area contributed by atoms with Crippen LogP contribution in [-0.4, -0.2) is 21.9 Å². The molecule has 0 atom stereocenters. The van der Waals surface area contributed by atoms with Crippen molar-refractivity contribution in [2.75, 3.05) is 0 Å². The summed E-state index contributed by atoms with van der Waals surface area (Å²) in [4.78, 5) is 12.0. The number of nitrogens with one attached hydrogen (secondary N) is 1. The molecule has 0 spiro atoms. The van der Waals surface area contributed by atoms with Gasteiger partial charge in [0.15, 0.2) is 5.82 Å². The number of aromatic nitrogens is 2. The van der Waals surface area contributed by atoms with E-state index in [0.29, 0.717) is 5.02 Å². The van der Waals surface area contributed by atoms with Crippen LogP contribution < -0.4 is 5.32 Å². The number of alkyl carbamates (subject to hydrolysis) is 1. The van der Waals surface area contributed by atoms with E-state index in [1.165, 1.54) is 17.1 Å². The molecule has 0 radical (unpaired) electrons. The third-order valence-electron chi connectivity index (χ3n) is 4.90. The first-order chi connectivity index (χ1) is 13.6. The molecule has 1 aromatic heterocycles. The molecule has 144 valence electrons. The molecular formula is C21H19ClFN3O2. The smallest absolute Gasteiger partial charge is 0.407 e. The average molecular weight is 400 g/mol. The number of halogens is 2. The number of ether oxygens (including phenoxy) is 1. The van der Waals surface area contributed by atoms with Crippen molar-refractivity contribution in [2.45, 2.75) is 31.4 Å². The fourth-order valence-corrected chi connectivity index (χ4v) is 3.60. The maximum Gasteiger partial charge on any atom is 0.407 e. The lowest BCUT2D eigenvalue weighted by atomic mass is 9.75. The van der Waals surface area contributed by atoms with E-state index in [2.05, 4.69) is 10.4 Å². The molecule has 0 saturated heterocycles. The zero-order chi connectivity index (χ0) is 19.5. The monoisotopic (exact) mass is 399 g/mol. The van der Waals surface area contributed by atoms with Gasteiger partial charge in [-0.05, 0) is 48.1 Å². The zero-order valence-electron chi connectivity index (χ0n) is 15.0. The van der Waals surface area contributed by atoms with E-state index in [0.717, 1.165) is 29.7 Å². The van der Waals surface area contributed by atoms with E-state index in [4.69, 9.17) is 16.3 Å². The predicted octanol–water partition coefficient (Wildman–Crippen LogP) is 4.84. The van der Waals surface area contributed by atoms with Gasteiger partial charge in [-0.3, -0.25) is 0 Å². The molecular weight excluding hydrogens is 381 g/mol. The highest BCUT2D eigenvalue weighted by molar-refractivity contribution is 6.30. The Bertz CT molecular complexity index is 971. The van der Waals surface area contributed by atoms with Crippen LogP contribution in [0.3, 0.4) is 0 Å². The Hall–Kier alpha value is -2.86. The standard InChI is InChI=1S/C21H19ClFN3O2/c22-16-6-7-20(26-12-17(23)11-24-26)19(10-16)15-8-18(9-15)25-21(27)28-13-14-4-2-1-3-5-14/h1-7,10-12,15,18H,8-9,13H2,(H,25,27). The van der Waals surface area contributed by atoms with Crippen molar-refractivity contribution in [3.63, 3.8) is 0 Å². The predicted molar refractivity (Wildman–Crippen MR) is 104 cm³/mol. The second-order valence-electron chi connectivity index (χ2n) is 6.88. The lowest BCUT2D eigenvalue weighted by molar-refractivity contribution is 0.127. The van der Waals surface area contributed by atoms with Gasteiger partial charge in [0, 0.05) is 11.1 Å². The van der Waals surface area contributed by atoms with Gasteiger partial charge in [0.2, 0.25) is 0 Å². The van der Waals surface area contributed by atoms with Crippen LogP contribution in [0.1, 0.15) is 29.9 Å². The Morgan fingerprint density at radius 3 is 2.75 bits per heavy atom. The lowest BCUT2D eigenvalue weighted by Crippen LogP contribution is -2.43. The van der Waals surface area contributed by atoms with Crippen molar-refractivity contribution in [1.29, 1.82) is 0 Å². The summed E-state index contributed by atoms with van der Waals surface area (Å²) in [5, 5.41) is 7.55. The minimum Gasteiger partial charge on any atom is -0.445 e. The van der Waals surface area contributed by atoms with E-state index >= 15 is 0 Å². The zero-order valence-corrected chi connectivity index (χ0v) is 15.8. The second-order valence-corrected chi connectivity index (χ2v) is 7.31. The first-order valence-electron chi connectivity index (χ1n) is 9.05. The summed E-state index contributed by atoms with van der Waals surface area (Å²) < 4.78 is 20.1. The minimum atomic E-state index is -0.423. The van der Waals surface area contributed by atoms with Crippen LogP contribution in [0.2, 0.25) is 5.02 Å². The normalized spacial score (nSPS) is 18.4. The largest absolute Gasteiger partial charge is 0.445 e. The van der Waals surface area contributed by atoms with Crippen LogP contribution in [0.5, 0.6) is 0 Å². The number of carbonyl (C=O) groups is 1. The van der Waals surface area contributed by atoms with Crippen LogP contribution in [0.25, 0.3) is 5.69 Å². The van der Waals surface area contributed by atoms with Gasteiger partial charge in [-0.25, -0.2) is 13.9 Å². The molecule has 0 aliphatic heterocycles. The second kappa shape index (κ2) is 8.02. The highest BCUT2D eigenvalue weighted by Crippen LogP contribution is 2.40. The fourth-order valence-electron chi connectivity index (χ4n) is 3.41. The fraction of sp³-hybridized carbons (Fsp3) is 0.238. The van der Waals surface area contributed by atoms with E-state index in [9.17, 15) is 9.18 Å². The summed E-state index contributed by atoms with van der Waals surface area (Å²) in [7, 11) is 0. The van der Waals surface area contributed by atoms with E-state index in [1.54, 1.807) is 6.07 Å². The molecule has 4 rings (SSSR count). The summed E-state index contributed by atoms with van der Waals surface area (Å²) in [6.45, 7) is 0.242. The van der Waals surface area contributed by atoms with Crippen LogP contribution in [0.4, 0.5) is 9.18 Å². The SMILES string of the molecule is O=C(NC1CC(c2cc(Cl)ccc2-n2cc(F)cn2)C1)OCc1ccccc1. The van der Waals surface area contributed by atoms with Gasteiger partial charge in [0.05, 0.1) is 18.1 Å². The van der Waals surface area contributed by atoms with Gasteiger partial charge < -0.3 is 10.1 Å². The van der Waals surface area contributed by atoms with Gasteiger partial charge in [-0.2, -0.15) is 5.10 Å². The number of hydrogen-bond acceptors (Lipinski definition) is 3. The first-order valence-corrected chi connectivity index (χ1v) is 9.43. The van der Waals surface area contributed by atoms with E-state index < -0.39 is 11.9 Å². The molecule has 1 aliphatic carbocycles. The topological polar surface area (TPSA) is 56.2 Å². The van der Waals surface area contributed by atoms with Crippen molar-refractivity contribution >= 4 is 17.7 Å². The van der Waals surface area contributed by atoms with Crippen molar-refractivity contribution < 1.29 is 13.9 Å². The van der Waals surface area contributed by atoms with Crippen LogP contribution >= 0.6 is 11.6 Å². The molecule has 1 aliphatic rings. The van der Waals surface area contributed by atoms with Gasteiger partial charge in [-0.15, -0.1) is 0 Å². The van der Waals surface area contributed by atoms with E-state index in [1.807, 2.05) is 42.5 Å². The summed E-state index contributed by atoms with van der Waals surface area (Å²) in [6.07, 6.45) is 3.61. The molecule has 1 heterocycles. The quantitative estimate of drug-likeness (QED) is 0.668. The van der Waals surface area contributed by atoms with Crippen molar-refractivity contribution in [3.8, 4) is 5.69 Å². The Morgan fingerprint density at radius 1 is 1.25 bits per heavy atom. The van der Waals surface area contributed by atoms with E-state index in [-0.39, 0.29) is 18.6 Å². The van der Waals surface area contributed by atoms with Crippen molar-refractivity contribution in [1.82, 2.24) is 15.1 Å². The number of carbonyl (C=O) groups excluding carboxylic acids is 1. The maximum absolute atomic E-state index is 13.4. The number of amides is 1. The first kappa shape index (κ1) is 18.5. The molecule has 1 saturated carbocycles. The third kappa shape index (κ3) is 4.17. The molecule has 7 heteroatoms. The van der Waals surface area contributed by atoms with Crippen molar-refractivity contribution in [2.24, 2.45) is 0 Å². The van der Waals surface area contributed by atoms with Gasteiger partial charge in [-0.1, -0.05) is 41.9 Å². The molecule has 3 aromatic rings. The van der Waals surface area contributed by atoms with Crippen LogP contribution in [-0.2, 0) is 11.3 Å². The highest BCUT2D eigenvalue weighted by atomic mass is 35.5. The third-order valence-corrected chi connectivity index (χ3v) is 5.14. The van der Waals surface area contributed by atoms with Gasteiger partial charge in [0.25, 0.3) is 0 Å².